The van der Waals surface area contributed by atoms with E-state index in [0.717, 1.165) is 37.3 Å². The van der Waals surface area contributed by atoms with Crippen molar-refractivity contribution in [1.29, 1.82) is 0 Å². The van der Waals surface area contributed by atoms with Crippen LogP contribution in [0.25, 0.3) is 0 Å². The second kappa shape index (κ2) is 11.6. The molecule has 2 atom stereocenters. The lowest BCUT2D eigenvalue weighted by Gasteiger charge is -2.29. The molecule has 2 aliphatic carbocycles. The molecule has 1 aromatic carbocycles. The highest BCUT2D eigenvalue weighted by Gasteiger charge is 2.39. The van der Waals surface area contributed by atoms with E-state index in [-0.39, 0.29) is 25.2 Å². The van der Waals surface area contributed by atoms with Crippen LogP contribution in [0, 0.1) is 5.92 Å². The molecule has 11 heteroatoms. The van der Waals surface area contributed by atoms with Crippen LogP contribution in [0.3, 0.4) is 0 Å². The van der Waals surface area contributed by atoms with Crippen molar-refractivity contribution in [3.05, 3.63) is 58.4 Å². The molecule has 0 aliphatic heterocycles. The number of phosphoric ester groups is 1. The molecular formula is C24H33F3NO6P. The van der Waals surface area contributed by atoms with E-state index >= 15 is 0 Å². The second-order valence-electron chi connectivity index (χ2n) is 9.37. The van der Waals surface area contributed by atoms with Crippen LogP contribution in [0.2, 0.25) is 0 Å². The maximum Gasteiger partial charge on any atom is 0.469 e. The number of aryl methyl sites for hydroxylation is 3. The van der Waals surface area contributed by atoms with Crippen molar-refractivity contribution in [3.8, 4) is 0 Å². The van der Waals surface area contributed by atoms with Crippen molar-refractivity contribution in [3.63, 3.8) is 0 Å². The summed E-state index contributed by atoms with van der Waals surface area (Å²) >= 11 is 0. The van der Waals surface area contributed by atoms with Crippen molar-refractivity contribution in [2.45, 2.75) is 63.1 Å². The van der Waals surface area contributed by atoms with Crippen LogP contribution >= 0.6 is 7.82 Å². The maximum absolute atomic E-state index is 13.7. The van der Waals surface area contributed by atoms with Crippen molar-refractivity contribution < 1.29 is 41.9 Å². The maximum atomic E-state index is 13.7. The number of rotatable bonds is 12. The SMILES string of the molecule is NC(CO)(CCC1C=C(C(F)(F)F)C(OCCCc2ccc3c(c2)CCC3)=CC1)COP(=O)(O)O. The third kappa shape index (κ3) is 8.44. The van der Waals surface area contributed by atoms with E-state index < -0.39 is 44.2 Å². The molecule has 2 aliphatic rings. The number of benzene rings is 1. The third-order valence-corrected chi connectivity index (χ3v) is 6.92. The fourth-order valence-corrected chi connectivity index (χ4v) is 4.87. The smallest absolute Gasteiger partial charge is 0.469 e. The zero-order valence-corrected chi connectivity index (χ0v) is 20.4. The zero-order valence-electron chi connectivity index (χ0n) is 19.5. The number of aliphatic hydroxyl groups excluding tert-OH is 1. The van der Waals surface area contributed by atoms with Gasteiger partial charge in [0.15, 0.2) is 0 Å². The Labute approximate surface area is 203 Å². The Morgan fingerprint density at radius 3 is 2.60 bits per heavy atom. The number of hydrogen-bond donors (Lipinski definition) is 4. The Morgan fingerprint density at radius 1 is 1.17 bits per heavy atom. The molecule has 0 aromatic heterocycles. The minimum atomic E-state index is -4.79. The molecule has 0 radical (unpaired) electrons. The molecule has 0 heterocycles. The fourth-order valence-electron chi connectivity index (χ4n) is 4.45. The first kappa shape index (κ1) is 27.9. The Bertz CT molecular complexity index is 990. The van der Waals surface area contributed by atoms with Crippen molar-refractivity contribution >= 4 is 7.82 Å². The second-order valence-corrected chi connectivity index (χ2v) is 10.6. The van der Waals surface area contributed by atoms with Gasteiger partial charge in [0, 0.05) is 0 Å². The number of halogens is 3. The first-order chi connectivity index (χ1) is 16.4. The molecule has 1 aromatic rings. The fraction of sp³-hybridized carbons (Fsp3) is 0.583. The highest BCUT2D eigenvalue weighted by molar-refractivity contribution is 7.46. The van der Waals surface area contributed by atoms with Crippen LogP contribution in [0.4, 0.5) is 13.2 Å². The Kier molecular flexibility index (Phi) is 9.23. The quantitative estimate of drug-likeness (QED) is 0.242. The number of phosphoric acid groups is 1. The number of alkyl halides is 3. The number of fused-ring (bicyclic) bond motifs is 1. The van der Waals surface area contributed by atoms with Gasteiger partial charge in [-0.15, -0.1) is 0 Å². The number of hydrogen-bond acceptors (Lipinski definition) is 5. The van der Waals surface area contributed by atoms with Gasteiger partial charge in [0.1, 0.15) is 5.76 Å². The van der Waals surface area contributed by atoms with Crippen molar-refractivity contribution in [2.24, 2.45) is 11.7 Å². The summed E-state index contributed by atoms with van der Waals surface area (Å²) in [6, 6.07) is 6.39. The van der Waals surface area contributed by atoms with Gasteiger partial charge in [0.05, 0.1) is 30.9 Å². The van der Waals surface area contributed by atoms with E-state index in [2.05, 4.69) is 22.7 Å². The third-order valence-electron chi connectivity index (χ3n) is 6.46. The van der Waals surface area contributed by atoms with Gasteiger partial charge in [0.25, 0.3) is 0 Å². The summed E-state index contributed by atoms with van der Waals surface area (Å²) in [5.74, 6) is -0.705. The van der Waals surface area contributed by atoms with Crippen molar-refractivity contribution in [2.75, 3.05) is 19.8 Å². The van der Waals surface area contributed by atoms with Crippen molar-refractivity contribution in [1.82, 2.24) is 0 Å². The van der Waals surface area contributed by atoms with Gasteiger partial charge in [-0.1, -0.05) is 24.3 Å². The number of allylic oxidation sites excluding steroid dienone is 3. The summed E-state index contributed by atoms with van der Waals surface area (Å²) in [7, 11) is -4.79. The van der Waals surface area contributed by atoms with Crippen LogP contribution in [0.1, 0.15) is 48.8 Å². The molecule has 0 bridgehead atoms. The zero-order chi connectivity index (χ0) is 25.7. The van der Waals surface area contributed by atoms with Crippen LogP contribution in [0.15, 0.2) is 41.7 Å². The average Bonchev–Trinajstić information content (AvgIpc) is 3.26. The number of aliphatic hydroxyl groups is 1. The first-order valence-corrected chi connectivity index (χ1v) is 13.2. The predicted molar refractivity (Wildman–Crippen MR) is 124 cm³/mol. The summed E-state index contributed by atoms with van der Waals surface area (Å²) in [5.41, 5.74) is 7.51. The Balaban J connectivity index is 1.53. The molecule has 7 nitrogen and oxygen atoms in total. The van der Waals surface area contributed by atoms with Crippen LogP contribution in [0.5, 0.6) is 0 Å². The van der Waals surface area contributed by atoms with Gasteiger partial charge in [0.2, 0.25) is 0 Å². The van der Waals surface area contributed by atoms with Gasteiger partial charge >= 0.3 is 14.0 Å². The molecule has 0 saturated carbocycles. The molecular weight excluding hydrogens is 486 g/mol. The van der Waals surface area contributed by atoms with Gasteiger partial charge in [-0.3, -0.25) is 4.52 Å². The molecule has 0 fully saturated rings. The highest BCUT2D eigenvalue weighted by Crippen LogP contribution is 2.39. The molecule has 0 spiro atoms. The van der Waals surface area contributed by atoms with Gasteiger partial charge in [-0.2, -0.15) is 13.2 Å². The highest BCUT2D eigenvalue weighted by atomic mass is 31.2. The van der Waals surface area contributed by atoms with Crippen LogP contribution in [-0.4, -0.2) is 46.4 Å². The minimum absolute atomic E-state index is 0.0145. The average molecular weight is 519 g/mol. The molecule has 35 heavy (non-hydrogen) atoms. The standard InChI is InChI=1S/C24H33F3NO6P/c25-24(26,27)21-14-18(10-11-23(28,15-29)16-34-35(30,31)32)7-9-22(21)33-12-2-3-17-6-8-19-4-1-5-20(19)13-17/h6,8-9,13-14,18,29H,1-5,7,10-12,15-16,28H2,(H2,30,31,32). The summed E-state index contributed by atoms with van der Waals surface area (Å²) < 4.78 is 61.9. The summed E-state index contributed by atoms with van der Waals surface area (Å²) in [6.07, 6.45) is 3.08. The normalized spacial score (nSPS) is 20.1. The summed E-state index contributed by atoms with van der Waals surface area (Å²) in [5, 5.41) is 9.50. The monoisotopic (exact) mass is 519 g/mol. The van der Waals surface area contributed by atoms with Gasteiger partial charge in [-0.25, -0.2) is 4.57 Å². The van der Waals surface area contributed by atoms with Crippen LogP contribution in [-0.2, 0) is 33.1 Å². The number of nitrogens with two attached hydrogens (primary N) is 1. The van der Waals surface area contributed by atoms with E-state index in [9.17, 15) is 22.8 Å². The minimum Gasteiger partial charge on any atom is -0.493 e. The molecule has 0 saturated heterocycles. The van der Waals surface area contributed by atoms with E-state index in [4.69, 9.17) is 20.3 Å². The lowest BCUT2D eigenvalue weighted by Crippen LogP contribution is -2.48. The Hall–Kier alpha value is -1.68. The lowest BCUT2D eigenvalue weighted by molar-refractivity contribution is -0.0949. The van der Waals surface area contributed by atoms with E-state index in [1.54, 1.807) is 0 Å². The molecule has 196 valence electrons. The molecule has 0 amide bonds. The van der Waals surface area contributed by atoms with E-state index in [1.807, 2.05) is 0 Å². The van der Waals surface area contributed by atoms with E-state index in [0.29, 0.717) is 12.8 Å². The summed E-state index contributed by atoms with van der Waals surface area (Å²) in [6.45, 7) is -1.09. The van der Waals surface area contributed by atoms with Crippen LogP contribution < -0.4 is 5.73 Å². The summed E-state index contributed by atoms with van der Waals surface area (Å²) in [4.78, 5) is 17.7. The lowest BCUT2D eigenvalue weighted by atomic mass is 9.86. The Morgan fingerprint density at radius 2 is 1.91 bits per heavy atom. The van der Waals surface area contributed by atoms with Gasteiger partial charge < -0.3 is 25.4 Å². The largest absolute Gasteiger partial charge is 0.493 e. The van der Waals surface area contributed by atoms with Gasteiger partial charge in [-0.05, 0) is 80.1 Å². The topological polar surface area (TPSA) is 122 Å². The first-order valence-electron chi connectivity index (χ1n) is 11.7. The molecule has 3 rings (SSSR count). The predicted octanol–water partition coefficient (Wildman–Crippen LogP) is 4.10. The van der Waals surface area contributed by atoms with E-state index in [1.165, 1.54) is 17.2 Å². The molecule has 2 unspecified atom stereocenters. The number of ether oxygens (including phenoxy) is 1. The molecule has 5 N–H and O–H groups in total.